The van der Waals surface area contributed by atoms with E-state index in [0.29, 0.717) is 18.3 Å². The van der Waals surface area contributed by atoms with E-state index < -0.39 is 0 Å². The number of furan rings is 1. The zero-order valence-electron chi connectivity index (χ0n) is 11.3. The SMILES string of the molecule is CCN(C(=O)c1ccc(Cn2cc(Br)cn2)o1)C1CC1. The normalized spacial score (nSPS) is 14.5. The molecule has 20 heavy (non-hydrogen) atoms. The van der Waals surface area contributed by atoms with Crippen molar-refractivity contribution in [2.75, 3.05) is 6.54 Å². The molecule has 2 aromatic rings. The number of carbonyl (C=O) groups excluding carboxylic acids is 1. The predicted molar refractivity (Wildman–Crippen MR) is 77.5 cm³/mol. The monoisotopic (exact) mass is 337 g/mol. The highest BCUT2D eigenvalue weighted by atomic mass is 79.9. The maximum absolute atomic E-state index is 12.3. The van der Waals surface area contributed by atoms with Crippen LogP contribution in [0, 0.1) is 0 Å². The number of nitrogens with zero attached hydrogens (tertiary/aromatic N) is 3. The van der Waals surface area contributed by atoms with Crippen LogP contribution in [-0.2, 0) is 6.54 Å². The molecule has 1 aliphatic rings. The van der Waals surface area contributed by atoms with Crippen LogP contribution in [0.1, 0.15) is 36.1 Å². The maximum Gasteiger partial charge on any atom is 0.289 e. The van der Waals surface area contributed by atoms with E-state index in [0.717, 1.165) is 29.6 Å². The third-order valence-electron chi connectivity index (χ3n) is 3.38. The summed E-state index contributed by atoms with van der Waals surface area (Å²) in [6.07, 6.45) is 5.80. The third-order valence-corrected chi connectivity index (χ3v) is 3.79. The van der Waals surface area contributed by atoms with Crippen molar-refractivity contribution in [3.8, 4) is 0 Å². The van der Waals surface area contributed by atoms with Crippen molar-refractivity contribution in [3.63, 3.8) is 0 Å². The Bertz CT molecular complexity index is 615. The highest BCUT2D eigenvalue weighted by Crippen LogP contribution is 2.28. The van der Waals surface area contributed by atoms with E-state index in [1.54, 1.807) is 16.9 Å². The summed E-state index contributed by atoms with van der Waals surface area (Å²) in [5, 5.41) is 4.17. The number of hydrogen-bond acceptors (Lipinski definition) is 3. The van der Waals surface area contributed by atoms with Gasteiger partial charge in [0.1, 0.15) is 5.76 Å². The molecule has 0 N–H and O–H groups in total. The van der Waals surface area contributed by atoms with E-state index in [-0.39, 0.29) is 5.91 Å². The summed E-state index contributed by atoms with van der Waals surface area (Å²) in [6.45, 7) is 3.25. The first-order valence-electron chi connectivity index (χ1n) is 6.75. The number of halogens is 1. The highest BCUT2D eigenvalue weighted by Gasteiger charge is 2.33. The van der Waals surface area contributed by atoms with Crippen LogP contribution in [-0.4, -0.2) is 33.2 Å². The molecule has 0 bridgehead atoms. The fraction of sp³-hybridized carbons (Fsp3) is 0.429. The Kier molecular flexibility index (Phi) is 3.65. The van der Waals surface area contributed by atoms with Crippen molar-refractivity contribution < 1.29 is 9.21 Å². The van der Waals surface area contributed by atoms with Crippen LogP contribution in [0.4, 0.5) is 0 Å². The molecule has 0 unspecified atom stereocenters. The lowest BCUT2D eigenvalue weighted by atomic mass is 10.3. The van der Waals surface area contributed by atoms with E-state index in [1.807, 2.05) is 24.1 Å². The quantitative estimate of drug-likeness (QED) is 0.842. The molecule has 0 atom stereocenters. The molecule has 106 valence electrons. The van der Waals surface area contributed by atoms with Gasteiger partial charge in [0.25, 0.3) is 5.91 Å². The summed E-state index contributed by atoms with van der Waals surface area (Å²) in [4.78, 5) is 14.2. The largest absolute Gasteiger partial charge is 0.454 e. The Labute approximate surface area is 125 Å². The summed E-state index contributed by atoms with van der Waals surface area (Å²) in [5.74, 6) is 1.14. The van der Waals surface area contributed by atoms with Gasteiger partial charge in [-0.05, 0) is 47.8 Å². The van der Waals surface area contributed by atoms with Crippen LogP contribution < -0.4 is 0 Å². The molecule has 6 heteroatoms. The van der Waals surface area contributed by atoms with Crippen LogP contribution in [0.3, 0.4) is 0 Å². The summed E-state index contributed by atoms with van der Waals surface area (Å²) < 4.78 is 8.33. The summed E-state index contributed by atoms with van der Waals surface area (Å²) in [7, 11) is 0. The first kappa shape index (κ1) is 13.4. The fourth-order valence-electron chi connectivity index (χ4n) is 2.26. The Morgan fingerprint density at radius 2 is 2.35 bits per heavy atom. The second-order valence-corrected chi connectivity index (χ2v) is 5.86. The van der Waals surface area contributed by atoms with E-state index in [2.05, 4.69) is 21.0 Å². The lowest BCUT2D eigenvalue weighted by molar-refractivity contribution is 0.0718. The van der Waals surface area contributed by atoms with Crippen molar-refractivity contribution in [1.82, 2.24) is 14.7 Å². The van der Waals surface area contributed by atoms with Crippen molar-refractivity contribution in [3.05, 3.63) is 40.5 Å². The lowest BCUT2D eigenvalue weighted by Crippen LogP contribution is -2.32. The second kappa shape index (κ2) is 5.44. The molecule has 1 amide bonds. The van der Waals surface area contributed by atoms with E-state index in [1.165, 1.54) is 0 Å². The Morgan fingerprint density at radius 3 is 2.95 bits per heavy atom. The van der Waals surface area contributed by atoms with Gasteiger partial charge < -0.3 is 9.32 Å². The van der Waals surface area contributed by atoms with Gasteiger partial charge in [-0.25, -0.2) is 0 Å². The van der Waals surface area contributed by atoms with Crippen LogP contribution >= 0.6 is 15.9 Å². The molecule has 1 saturated carbocycles. The van der Waals surface area contributed by atoms with Gasteiger partial charge in [0.05, 0.1) is 17.2 Å². The molecule has 1 aliphatic carbocycles. The van der Waals surface area contributed by atoms with E-state index >= 15 is 0 Å². The summed E-state index contributed by atoms with van der Waals surface area (Å²) in [6, 6.07) is 3.99. The molecule has 3 rings (SSSR count). The lowest BCUT2D eigenvalue weighted by Gasteiger charge is -2.18. The number of hydrogen-bond donors (Lipinski definition) is 0. The van der Waals surface area contributed by atoms with Crippen LogP contribution in [0.2, 0.25) is 0 Å². The molecular formula is C14H16BrN3O2. The number of amides is 1. The summed E-state index contributed by atoms with van der Waals surface area (Å²) in [5.41, 5.74) is 0. The zero-order chi connectivity index (χ0) is 14.1. The minimum Gasteiger partial charge on any atom is -0.454 e. The molecule has 1 fully saturated rings. The molecule has 0 saturated heterocycles. The number of carbonyl (C=O) groups is 1. The average Bonchev–Trinajstić information content (AvgIpc) is 3.01. The van der Waals surface area contributed by atoms with Gasteiger partial charge in [0.15, 0.2) is 5.76 Å². The number of aromatic nitrogens is 2. The smallest absolute Gasteiger partial charge is 0.289 e. The maximum atomic E-state index is 12.3. The second-order valence-electron chi connectivity index (χ2n) is 4.94. The molecule has 0 aromatic carbocycles. The van der Waals surface area contributed by atoms with Crippen LogP contribution in [0.5, 0.6) is 0 Å². The minimum atomic E-state index is -0.0112. The van der Waals surface area contributed by atoms with E-state index in [4.69, 9.17) is 4.42 Å². The van der Waals surface area contributed by atoms with Crippen molar-refractivity contribution in [1.29, 1.82) is 0 Å². The molecule has 0 radical (unpaired) electrons. The van der Waals surface area contributed by atoms with Crippen LogP contribution in [0.25, 0.3) is 0 Å². The topological polar surface area (TPSA) is 51.3 Å². The highest BCUT2D eigenvalue weighted by molar-refractivity contribution is 9.10. The standard InChI is InChI=1S/C14H16BrN3O2/c1-2-18(11-3-4-11)14(19)13-6-5-12(20-13)9-17-8-10(15)7-16-17/h5-8,11H,2-4,9H2,1H3. The van der Waals surface area contributed by atoms with Gasteiger partial charge in [-0.1, -0.05) is 0 Å². The van der Waals surface area contributed by atoms with Gasteiger partial charge in [0.2, 0.25) is 0 Å². The van der Waals surface area contributed by atoms with Crippen LogP contribution in [0.15, 0.2) is 33.4 Å². The van der Waals surface area contributed by atoms with Gasteiger partial charge >= 0.3 is 0 Å². The average molecular weight is 338 g/mol. The van der Waals surface area contributed by atoms with E-state index in [9.17, 15) is 4.79 Å². The Morgan fingerprint density at radius 1 is 1.55 bits per heavy atom. The molecule has 5 nitrogen and oxygen atoms in total. The van der Waals surface area contributed by atoms with Gasteiger partial charge in [0, 0.05) is 18.8 Å². The van der Waals surface area contributed by atoms with Gasteiger partial charge in [-0.15, -0.1) is 0 Å². The van der Waals surface area contributed by atoms with Gasteiger partial charge in [-0.3, -0.25) is 9.48 Å². The Hall–Kier alpha value is -1.56. The Balaban J connectivity index is 1.71. The molecule has 0 aliphatic heterocycles. The first-order chi connectivity index (χ1) is 9.67. The predicted octanol–water partition coefficient (Wildman–Crippen LogP) is 2.91. The zero-order valence-corrected chi connectivity index (χ0v) is 12.8. The fourth-order valence-corrected chi connectivity index (χ4v) is 2.59. The third kappa shape index (κ3) is 2.80. The van der Waals surface area contributed by atoms with Crippen molar-refractivity contribution in [2.45, 2.75) is 32.4 Å². The number of rotatable bonds is 5. The molecular weight excluding hydrogens is 322 g/mol. The molecule has 2 heterocycles. The summed E-state index contributed by atoms with van der Waals surface area (Å²) >= 11 is 3.35. The van der Waals surface area contributed by atoms with Gasteiger partial charge in [-0.2, -0.15) is 5.10 Å². The van der Waals surface area contributed by atoms with Crippen molar-refractivity contribution >= 4 is 21.8 Å². The first-order valence-corrected chi connectivity index (χ1v) is 7.54. The molecule has 2 aromatic heterocycles. The molecule has 0 spiro atoms. The van der Waals surface area contributed by atoms with Crippen molar-refractivity contribution in [2.24, 2.45) is 0 Å². The minimum absolute atomic E-state index is 0.0112.